The predicted molar refractivity (Wildman–Crippen MR) is 94.2 cm³/mol. The van der Waals surface area contributed by atoms with Gasteiger partial charge in [-0.25, -0.2) is 0 Å². The smallest absolute Gasteiger partial charge is 0.251 e. The van der Waals surface area contributed by atoms with Crippen LogP contribution in [0, 0.1) is 0 Å². The fourth-order valence-electron chi connectivity index (χ4n) is 3.44. The quantitative estimate of drug-likeness (QED) is 0.770. The van der Waals surface area contributed by atoms with E-state index in [1.165, 1.54) is 0 Å². The normalized spacial score (nSPS) is 22.4. The summed E-state index contributed by atoms with van der Waals surface area (Å²) in [6.07, 6.45) is 3.02. The molecule has 0 spiro atoms. The minimum atomic E-state index is -0.194. The van der Waals surface area contributed by atoms with Crippen LogP contribution < -0.4 is 16.0 Å². The Bertz CT molecular complexity index is 625. The van der Waals surface area contributed by atoms with Gasteiger partial charge in [-0.2, -0.15) is 0 Å². The minimum Gasteiger partial charge on any atom is -0.382 e. The number of carbonyl (C=O) groups is 2. The number of piperidine rings is 1. The van der Waals surface area contributed by atoms with Gasteiger partial charge < -0.3 is 20.9 Å². The molecule has 1 saturated heterocycles. The molecule has 0 radical (unpaired) electrons. The van der Waals surface area contributed by atoms with Crippen molar-refractivity contribution in [3.63, 3.8) is 0 Å². The number of rotatable bonds is 4. The van der Waals surface area contributed by atoms with E-state index in [0.29, 0.717) is 11.6 Å². The van der Waals surface area contributed by atoms with Crippen molar-refractivity contribution in [1.82, 2.24) is 15.5 Å². The van der Waals surface area contributed by atoms with Gasteiger partial charge in [-0.1, -0.05) is 0 Å². The predicted octanol–water partition coefficient (Wildman–Crippen LogP) is 0.983. The maximum absolute atomic E-state index is 12.3. The highest BCUT2D eigenvalue weighted by Crippen LogP contribution is 2.26. The van der Waals surface area contributed by atoms with Crippen molar-refractivity contribution in [2.75, 3.05) is 32.0 Å². The number of hydrogen-bond acceptors (Lipinski definition) is 4. The first-order valence-corrected chi connectivity index (χ1v) is 8.68. The zero-order chi connectivity index (χ0) is 17.1. The van der Waals surface area contributed by atoms with Crippen molar-refractivity contribution in [1.29, 1.82) is 0 Å². The van der Waals surface area contributed by atoms with Crippen LogP contribution in [0.1, 0.15) is 35.7 Å². The number of benzene rings is 1. The SMILES string of the molecule is C[C@H]1Cc2cc(C(=O)NCC(=O)N(C)C3CCCNC3)ccc2N1. The van der Waals surface area contributed by atoms with E-state index < -0.39 is 0 Å². The Morgan fingerprint density at radius 3 is 2.96 bits per heavy atom. The average Bonchev–Trinajstić information content (AvgIpc) is 2.98. The Labute approximate surface area is 143 Å². The number of fused-ring (bicyclic) bond motifs is 1. The van der Waals surface area contributed by atoms with Crippen LogP contribution in [-0.2, 0) is 11.2 Å². The molecule has 24 heavy (non-hydrogen) atoms. The lowest BCUT2D eigenvalue weighted by atomic mass is 10.1. The molecule has 0 saturated carbocycles. The summed E-state index contributed by atoms with van der Waals surface area (Å²) in [6.45, 7) is 4.00. The average molecular weight is 330 g/mol. The Morgan fingerprint density at radius 2 is 2.21 bits per heavy atom. The third-order valence-corrected chi connectivity index (χ3v) is 4.91. The number of amides is 2. The van der Waals surface area contributed by atoms with Gasteiger partial charge in [0.2, 0.25) is 5.91 Å². The van der Waals surface area contributed by atoms with Crippen LogP contribution in [0.5, 0.6) is 0 Å². The van der Waals surface area contributed by atoms with Gasteiger partial charge in [0, 0.05) is 36.9 Å². The number of carbonyl (C=O) groups excluding carboxylic acids is 2. The van der Waals surface area contributed by atoms with Crippen molar-refractivity contribution in [3.05, 3.63) is 29.3 Å². The molecule has 0 bridgehead atoms. The van der Waals surface area contributed by atoms with Gasteiger partial charge in [-0.05, 0) is 56.5 Å². The van der Waals surface area contributed by atoms with Crippen LogP contribution in [0.15, 0.2) is 18.2 Å². The van der Waals surface area contributed by atoms with Crippen molar-refractivity contribution in [2.45, 2.75) is 38.3 Å². The zero-order valence-electron chi connectivity index (χ0n) is 14.4. The fourth-order valence-corrected chi connectivity index (χ4v) is 3.44. The van der Waals surface area contributed by atoms with Gasteiger partial charge in [0.25, 0.3) is 5.91 Å². The van der Waals surface area contributed by atoms with E-state index in [1.807, 2.05) is 19.2 Å². The van der Waals surface area contributed by atoms with Crippen LogP contribution in [-0.4, -0.2) is 55.5 Å². The molecule has 2 aliphatic rings. The van der Waals surface area contributed by atoms with Crippen molar-refractivity contribution in [2.24, 2.45) is 0 Å². The molecule has 3 rings (SSSR count). The highest BCUT2D eigenvalue weighted by atomic mass is 16.2. The summed E-state index contributed by atoms with van der Waals surface area (Å²) in [5.74, 6) is -0.241. The van der Waals surface area contributed by atoms with Gasteiger partial charge >= 0.3 is 0 Å². The molecular formula is C18H26N4O2. The van der Waals surface area contributed by atoms with E-state index in [2.05, 4.69) is 22.9 Å². The van der Waals surface area contributed by atoms with Crippen molar-refractivity contribution < 1.29 is 9.59 Å². The summed E-state index contributed by atoms with van der Waals surface area (Å²) >= 11 is 0. The second-order valence-electron chi connectivity index (χ2n) is 6.81. The molecule has 2 atom stereocenters. The zero-order valence-corrected chi connectivity index (χ0v) is 14.4. The Morgan fingerprint density at radius 1 is 1.38 bits per heavy atom. The third-order valence-electron chi connectivity index (χ3n) is 4.91. The van der Waals surface area contributed by atoms with E-state index in [0.717, 1.165) is 43.6 Å². The van der Waals surface area contributed by atoms with Crippen LogP contribution >= 0.6 is 0 Å². The summed E-state index contributed by atoms with van der Waals surface area (Å²) in [5, 5.41) is 9.42. The summed E-state index contributed by atoms with van der Waals surface area (Å²) in [5.41, 5.74) is 2.87. The molecule has 1 aromatic rings. The Balaban J connectivity index is 1.53. The summed E-state index contributed by atoms with van der Waals surface area (Å²) < 4.78 is 0. The van der Waals surface area contributed by atoms with Gasteiger partial charge in [-0.15, -0.1) is 0 Å². The molecule has 2 heterocycles. The number of anilines is 1. The van der Waals surface area contributed by atoms with E-state index >= 15 is 0 Å². The first-order valence-electron chi connectivity index (χ1n) is 8.68. The van der Waals surface area contributed by atoms with E-state index in [9.17, 15) is 9.59 Å². The monoisotopic (exact) mass is 330 g/mol. The van der Waals surface area contributed by atoms with Crippen LogP contribution in [0.3, 0.4) is 0 Å². The van der Waals surface area contributed by atoms with Crippen LogP contribution in [0.4, 0.5) is 5.69 Å². The van der Waals surface area contributed by atoms with E-state index in [-0.39, 0.29) is 24.4 Å². The highest BCUT2D eigenvalue weighted by molar-refractivity contribution is 5.97. The number of nitrogens with zero attached hydrogens (tertiary/aromatic N) is 1. The summed E-state index contributed by atoms with van der Waals surface area (Å²) in [7, 11) is 1.81. The first kappa shape index (κ1) is 16.8. The molecule has 3 N–H and O–H groups in total. The molecule has 0 aliphatic carbocycles. The number of hydrogen-bond donors (Lipinski definition) is 3. The van der Waals surface area contributed by atoms with Gasteiger partial charge in [0.1, 0.15) is 0 Å². The van der Waals surface area contributed by atoms with E-state index in [1.54, 1.807) is 11.0 Å². The van der Waals surface area contributed by atoms with Gasteiger partial charge in [-0.3, -0.25) is 9.59 Å². The molecule has 2 amide bonds. The van der Waals surface area contributed by atoms with Gasteiger partial charge in [0.15, 0.2) is 0 Å². The van der Waals surface area contributed by atoms with E-state index in [4.69, 9.17) is 0 Å². The summed E-state index contributed by atoms with van der Waals surface area (Å²) in [4.78, 5) is 26.3. The topological polar surface area (TPSA) is 73.5 Å². The standard InChI is InChI=1S/C18H26N4O2/c1-12-8-14-9-13(5-6-16(14)21-12)18(24)20-11-17(23)22(2)15-4-3-7-19-10-15/h5-6,9,12,15,19,21H,3-4,7-8,10-11H2,1-2H3,(H,20,24)/t12-,15?/m0/s1. The van der Waals surface area contributed by atoms with Crippen LogP contribution in [0.25, 0.3) is 0 Å². The fraction of sp³-hybridized carbons (Fsp3) is 0.556. The minimum absolute atomic E-state index is 0.0393. The molecule has 130 valence electrons. The lowest BCUT2D eigenvalue weighted by molar-refractivity contribution is -0.131. The lowest BCUT2D eigenvalue weighted by Crippen LogP contribution is -2.49. The second kappa shape index (κ2) is 7.21. The largest absolute Gasteiger partial charge is 0.382 e. The molecular weight excluding hydrogens is 304 g/mol. The van der Waals surface area contributed by atoms with Crippen molar-refractivity contribution >= 4 is 17.5 Å². The Hall–Kier alpha value is -2.08. The Kier molecular flexibility index (Phi) is 5.04. The number of likely N-dealkylation sites (N-methyl/N-ethyl adjacent to an activating group) is 1. The maximum Gasteiger partial charge on any atom is 0.251 e. The molecule has 1 unspecified atom stereocenters. The molecule has 0 aromatic heterocycles. The second-order valence-corrected chi connectivity index (χ2v) is 6.81. The number of nitrogens with one attached hydrogen (secondary N) is 3. The van der Waals surface area contributed by atoms with Crippen LogP contribution in [0.2, 0.25) is 0 Å². The van der Waals surface area contributed by atoms with Gasteiger partial charge in [0.05, 0.1) is 6.54 Å². The third kappa shape index (κ3) is 3.70. The molecule has 2 aliphatic heterocycles. The lowest BCUT2D eigenvalue weighted by Gasteiger charge is -2.31. The molecule has 6 nitrogen and oxygen atoms in total. The maximum atomic E-state index is 12.3. The first-order chi connectivity index (χ1) is 11.5. The highest BCUT2D eigenvalue weighted by Gasteiger charge is 2.23. The molecule has 1 fully saturated rings. The molecule has 6 heteroatoms. The van der Waals surface area contributed by atoms with Crippen molar-refractivity contribution in [3.8, 4) is 0 Å². The summed E-state index contributed by atoms with van der Waals surface area (Å²) in [6, 6.07) is 6.28. The molecule has 1 aromatic carbocycles.